The van der Waals surface area contributed by atoms with Crippen molar-refractivity contribution in [1.82, 2.24) is 19.1 Å². The van der Waals surface area contributed by atoms with E-state index in [9.17, 15) is 23.7 Å². The zero-order valence-electron chi connectivity index (χ0n) is 21.6. The molecule has 0 spiro atoms. The third-order valence-electron chi connectivity index (χ3n) is 5.57. The molecule has 3 rings (SSSR count). The SMILES string of the molecule is Cc1ccc(Cn2c(=Nc3ccc(OC(C)C)c(F)c3)n(N)c(=O)n(CCN[C@H](C)C(=O)N=O)c2=O)cc1. The summed E-state index contributed by atoms with van der Waals surface area (Å²) in [6, 6.07) is 10.5. The second-order valence-corrected chi connectivity index (χ2v) is 8.96. The molecule has 2 aromatic carbocycles. The first-order chi connectivity index (χ1) is 18.0. The van der Waals surface area contributed by atoms with E-state index in [-0.39, 0.29) is 42.8 Å². The molecule has 0 aliphatic carbocycles. The molecule has 0 aliphatic heterocycles. The summed E-state index contributed by atoms with van der Waals surface area (Å²) in [5.41, 5.74) is 0.0796. The predicted molar refractivity (Wildman–Crippen MR) is 139 cm³/mol. The number of hydrogen-bond donors (Lipinski definition) is 2. The van der Waals surface area contributed by atoms with Crippen molar-refractivity contribution < 1.29 is 13.9 Å². The number of amides is 1. The van der Waals surface area contributed by atoms with Crippen LogP contribution < -0.4 is 32.9 Å². The van der Waals surface area contributed by atoms with Gasteiger partial charge in [-0.3, -0.25) is 9.36 Å². The number of carbonyl (C=O) groups is 1. The summed E-state index contributed by atoms with van der Waals surface area (Å²) >= 11 is 0. The van der Waals surface area contributed by atoms with E-state index < -0.39 is 29.1 Å². The molecular weight excluding hydrogens is 497 g/mol. The van der Waals surface area contributed by atoms with Crippen LogP contribution in [-0.2, 0) is 17.9 Å². The van der Waals surface area contributed by atoms with E-state index >= 15 is 0 Å². The molecule has 0 saturated heterocycles. The number of benzene rings is 2. The highest BCUT2D eigenvalue weighted by Gasteiger charge is 2.16. The monoisotopic (exact) mass is 527 g/mol. The summed E-state index contributed by atoms with van der Waals surface area (Å²) in [5, 5.41) is 5.08. The van der Waals surface area contributed by atoms with Crippen molar-refractivity contribution in [3.8, 4) is 5.75 Å². The maximum Gasteiger partial charge on any atom is 0.353 e. The zero-order chi connectivity index (χ0) is 28.0. The van der Waals surface area contributed by atoms with E-state index in [1.165, 1.54) is 23.6 Å². The van der Waals surface area contributed by atoms with Crippen LogP contribution in [0.25, 0.3) is 0 Å². The molecular formula is C25H30FN7O5. The van der Waals surface area contributed by atoms with Gasteiger partial charge in [0.25, 0.3) is 0 Å². The normalized spacial score (nSPS) is 12.5. The smallest absolute Gasteiger partial charge is 0.353 e. The number of nitroso groups, excluding NO2 is 1. The Morgan fingerprint density at radius 3 is 2.37 bits per heavy atom. The number of nitrogens with two attached hydrogens (primary N) is 1. The first-order valence-corrected chi connectivity index (χ1v) is 11.9. The van der Waals surface area contributed by atoms with Crippen LogP contribution in [0.4, 0.5) is 10.1 Å². The van der Waals surface area contributed by atoms with Crippen LogP contribution in [-0.4, -0.2) is 38.4 Å². The maximum atomic E-state index is 14.6. The molecule has 38 heavy (non-hydrogen) atoms. The minimum atomic E-state index is -0.908. The van der Waals surface area contributed by atoms with Gasteiger partial charge < -0.3 is 15.9 Å². The number of ether oxygens (including phenoxy) is 1. The van der Waals surface area contributed by atoms with Gasteiger partial charge in [-0.25, -0.2) is 23.5 Å². The molecule has 0 fully saturated rings. The van der Waals surface area contributed by atoms with Gasteiger partial charge in [0.1, 0.15) is 0 Å². The Hall–Kier alpha value is -4.39. The molecule has 1 aromatic heterocycles. The van der Waals surface area contributed by atoms with E-state index in [0.29, 0.717) is 4.68 Å². The number of nitrogen functional groups attached to an aromatic ring is 1. The summed E-state index contributed by atoms with van der Waals surface area (Å²) in [5.74, 6) is 4.56. The lowest BCUT2D eigenvalue weighted by molar-refractivity contribution is -0.119. The molecule has 1 atom stereocenters. The van der Waals surface area contributed by atoms with Gasteiger partial charge in [0.2, 0.25) is 5.62 Å². The van der Waals surface area contributed by atoms with Crippen molar-refractivity contribution in [2.45, 2.75) is 52.9 Å². The number of aromatic nitrogens is 3. The predicted octanol–water partition coefficient (Wildman–Crippen LogP) is 1.31. The van der Waals surface area contributed by atoms with E-state index in [0.717, 1.165) is 21.8 Å². The Morgan fingerprint density at radius 2 is 1.76 bits per heavy atom. The van der Waals surface area contributed by atoms with Crippen molar-refractivity contribution in [2.75, 3.05) is 12.4 Å². The number of nitrogens with one attached hydrogen (secondary N) is 1. The van der Waals surface area contributed by atoms with E-state index in [1.807, 2.05) is 31.2 Å². The van der Waals surface area contributed by atoms with Crippen molar-refractivity contribution in [2.24, 2.45) is 10.2 Å². The third kappa shape index (κ3) is 6.68. The highest BCUT2D eigenvalue weighted by Crippen LogP contribution is 2.23. The summed E-state index contributed by atoms with van der Waals surface area (Å²) in [6.07, 6.45) is -0.240. The first kappa shape index (κ1) is 28.2. The number of halogens is 1. The molecule has 0 unspecified atom stereocenters. The van der Waals surface area contributed by atoms with Crippen LogP contribution in [0.5, 0.6) is 5.75 Å². The largest absolute Gasteiger partial charge is 0.488 e. The lowest BCUT2D eigenvalue weighted by Crippen LogP contribution is -2.58. The van der Waals surface area contributed by atoms with Crippen molar-refractivity contribution in [3.05, 3.63) is 90.9 Å². The van der Waals surface area contributed by atoms with Gasteiger partial charge in [-0.05, 0) is 45.4 Å². The highest BCUT2D eigenvalue weighted by atomic mass is 19.1. The molecule has 1 heterocycles. The van der Waals surface area contributed by atoms with Crippen LogP contribution in [0.2, 0.25) is 0 Å². The fraction of sp³-hybridized carbons (Fsp3) is 0.360. The van der Waals surface area contributed by atoms with Gasteiger partial charge in [-0.1, -0.05) is 29.8 Å². The van der Waals surface area contributed by atoms with Gasteiger partial charge in [0, 0.05) is 24.3 Å². The Morgan fingerprint density at radius 1 is 1.08 bits per heavy atom. The van der Waals surface area contributed by atoms with Gasteiger partial charge >= 0.3 is 17.3 Å². The molecule has 0 radical (unpaired) electrons. The number of rotatable bonds is 10. The average molecular weight is 528 g/mol. The second kappa shape index (κ2) is 12.2. The number of carbonyl (C=O) groups excluding carboxylic acids is 1. The van der Waals surface area contributed by atoms with Crippen LogP contribution in [0.15, 0.2) is 62.2 Å². The zero-order valence-corrected chi connectivity index (χ0v) is 21.6. The molecule has 0 aliphatic rings. The fourth-order valence-electron chi connectivity index (χ4n) is 3.56. The molecule has 3 N–H and O–H groups in total. The van der Waals surface area contributed by atoms with Crippen LogP contribution in [0.3, 0.4) is 0 Å². The molecule has 202 valence electrons. The Balaban J connectivity index is 2.11. The van der Waals surface area contributed by atoms with E-state index in [2.05, 4.69) is 15.5 Å². The quantitative estimate of drug-likeness (QED) is 0.297. The average Bonchev–Trinajstić information content (AvgIpc) is 2.88. The summed E-state index contributed by atoms with van der Waals surface area (Å²) < 4.78 is 22.8. The molecule has 1 amide bonds. The lowest BCUT2D eigenvalue weighted by Gasteiger charge is -2.15. The van der Waals surface area contributed by atoms with Crippen LogP contribution >= 0.6 is 0 Å². The Kier molecular flexibility index (Phi) is 9.07. The molecule has 12 nitrogen and oxygen atoms in total. The minimum Gasteiger partial charge on any atom is -0.488 e. The first-order valence-electron chi connectivity index (χ1n) is 11.9. The van der Waals surface area contributed by atoms with Gasteiger partial charge in [0.15, 0.2) is 11.6 Å². The highest BCUT2D eigenvalue weighted by molar-refractivity contribution is 5.81. The van der Waals surface area contributed by atoms with E-state index in [4.69, 9.17) is 10.6 Å². The van der Waals surface area contributed by atoms with Crippen LogP contribution in [0, 0.1) is 17.6 Å². The summed E-state index contributed by atoms with van der Waals surface area (Å²) in [7, 11) is 0. The number of aryl methyl sites for hydroxylation is 1. The minimum absolute atomic E-state index is 0.00111. The topological polar surface area (TPSA) is 155 Å². The second-order valence-electron chi connectivity index (χ2n) is 8.96. The van der Waals surface area contributed by atoms with Gasteiger partial charge in [-0.15, -0.1) is 4.91 Å². The molecule has 0 saturated carbocycles. The van der Waals surface area contributed by atoms with Gasteiger partial charge in [-0.2, -0.15) is 4.68 Å². The van der Waals surface area contributed by atoms with Crippen molar-refractivity contribution in [3.63, 3.8) is 0 Å². The van der Waals surface area contributed by atoms with Crippen molar-refractivity contribution in [1.29, 1.82) is 0 Å². The molecule has 13 heteroatoms. The maximum absolute atomic E-state index is 14.6. The third-order valence-corrected chi connectivity index (χ3v) is 5.57. The fourth-order valence-corrected chi connectivity index (χ4v) is 3.56. The Labute approximate surface area is 217 Å². The van der Waals surface area contributed by atoms with Crippen LogP contribution in [0.1, 0.15) is 31.9 Å². The van der Waals surface area contributed by atoms with Crippen molar-refractivity contribution >= 4 is 11.6 Å². The molecule has 0 bridgehead atoms. The number of hydrogen-bond acceptors (Lipinski definition) is 8. The standard InChI is InChI=1S/C25H30FN7O5/c1-15(2)38-21-10-9-19(13-20(21)26)29-23-32(14-18-7-5-16(3)6-8-18)24(35)31(25(36)33(23)27)12-11-28-17(4)22(34)30-37/h5-10,13,15,17,28H,11-12,14,27H2,1-4H3/t17-/m1/s1. The summed E-state index contributed by atoms with van der Waals surface area (Å²) in [6.45, 7) is 6.75. The lowest BCUT2D eigenvalue weighted by atomic mass is 10.1. The Bertz CT molecular complexity index is 1510. The summed E-state index contributed by atoms with van der Waals surface area (Å²) in [4.78, 5) is 52.7. The van der Waals surface area contributed by atoms with E-state index in [1.54, 1.807) is 13.8 Å². The number of nitrogens with zero attached hydrogens (tertiary/aromatic N) is 5. The molecule has 3 aromatic rings. The van der Waals surface area contributed by atoms with Gasteiger partial charge in [0.05, 0.1) is 24.4 Å².